The lowest BCUT2D eigenvalue weighted by Crippen LogP contribution is -2.24. The van der Waals surface area contributed by atoms with E-state index in [4.69, 9.17) is 36.5 Å². The van der Waals surface area contributed by atoms with Gasteiger partial charge in [0.1, 0.15) is 0 Å². The number of fused-ring (bicyclic) bond motifs is 3. The molecule has 2 aliphatic rings. The molecule has 32 heavy (non-hydrogen) atoms. The highest BCUT2D eigenvalue weighted by atomic mass is 32.3. The number of hydrogen-bond acceptors (Lipinski definition) is 8. The Morgan fingerprint density at radius 2 is 1.69 bits per heavy atom. The zero-order valence-electron chi connectivity index (χ0n) is 18.0. The average Bonchev–Trinajstić information content (AvgIpc) is 3.18. The fourth-order valence-corrected chi connectivity index (χ4v) is 3.75. The number of ether oxygens (including phenoxy) is 4. The van der Waals surface area contributed by atoms with Gasteiger partial charge in [0, 0.05) is 30.6 Å². The van der Waals surface area contributed by atoms with E-state index >= 15 is 0 Å². The van der Waals surface area contributed by atoms with Gasteiger partial charge in [0.2, 0.25) is 6.79 Å². The molecule has 0 bridgehead atoms. The maximum atomic E-state index is 13.1. The van der Waals surface area contributed by atoms with Gasteiger partial charge in [0.05, 0.1) is 14.2 Å². The Morgan fingerprint density at radius 3 is 2.31 bits per heavy atom. The molecular formula is C21H25NO9S. The molecule has 2 aliphatic heterocycles. The fourth-order valence-electron chi connectivity index (χ4n) is 3.75. The number of ketones is 1. The minimum absolute atomic E-state index is 0.0707. The molecule has 0 amide bonds. The van der Waals surface area contributed by atoms with Crippen LogP contribution in [-0.2, 0) is 29.8 Å². The van der Waals surface area contributed by atoms with Crippen LogP contribution in [0.2, 0.25) is 0 Å². The Bertz CT molecular complexity index is 1110. The smallest absolute Gasteiger partial charge is 0.394 e. The summed E-state index contributed by atoms with van der Waals surface area (Å²) >= 11 is 0. The van der Waals surface area contributed by atoms with Gasteiger partial charge in [0.15, 0.2) is 28.8 Å². The molecule has 11 heteroatoms. The molecule has 0 radical (unpaired) electrons. The van der Waals surface area contributed by atoms with E-state index in [1.807, 2.05) is 24.3 Å². The highest BCUT2D eigenvalue weighted by molar-refractivity contribution is 7.79. The Labute approximate surface area is 186 Å². The van der Waals surface area contributed by atoms with Gasteiger partial charge >= 0.3 is 10.4 Å². The second-order valence-electron chi connectivity index (χ2n) is 7.34. The van der Waals surface area contributed by atoms with Crippen molar-refractivity contribution in [2.75, 3.05) is 34.6 Å². The molecule has 10 nitrogen and oxygen atoms in total. The summed E-state index contributed by atoms with van der Waals surface area (Å²) < 4.78 is 53.6. The summed E-state index contributed by atoms with van der Waals surface area (Å²) in [5, 5.41) is 0. The molecule has 0 fully saturated rings. The second kappa shape index (κ2) is 9.74. The van der Waals surface area contributed by atoms with E-state index < -0.39 is 10.4 Å². The summed E-state index contributed by atoms with van der Waals surface area (Å²) in [7, 11) is 0.658. The van der Waals surface area contributed by atoms with Gasteiger partial charge in [-0.2, -0.15) is 8.42 Å². The van der Waals surface area contributed by atoms with E-state index in [9.17, 15) is 4.79 Å². The third kappa shape index (κ3) is 5.68. The van der Waals surface area contributed by atoms with Gasteiger partial charge < -0.3 is 23.8 Å². The van der Waals surface area contributed by atoms with Crippen LogP contribution >= 0.6 is 0 Å². The van der Waals surface area contributed by atoms with Crippen LogP contribution in [0.5, 0.6) is 23.0 Å². The number of carbonyl (C=O) groups excluding carboxylic acids is 1. The van der Waals surface area contributed by atoms with E-state index in [0.29, 0.717) is 41.5 Å². The minimum atomic E-state index is -4.67. The highest BCUT2D eigenvalue weighted by Gasteiger charge is 2.25. The lowest BCUT2D eigenvalue weighted by Gasteiger charge is -2.24. The lowest BCUT2D eigenvalue weighted by molar-refractivity contribution is 0.0990. The van der Waals surface area contributed by atoms with Crippen LogP contribution in [0.1, 0.15) is 27.0 Å². The first-order valence-corrected chi connectivity index (χ1v) is 11.1. The number of nitrogens with zero attached hydrogens (tertiary/aromatic N) is 1. The standard InChI is InChI=1S/C21H23NO5.H2O4S/c1-22-7-6-14-9-19-20(27-12-26-19)10-15(14)17(23)8-13-4-5-18(24-2)21(25-3)16(13)11-22;1-5(2,3)4/h4-5,9-10H,6-8,11-12H2,1-3H3;(H2,1,2,3,4). The zero-order valence-corrected chi connectivity index (χ0v) is 18.8. The van der Waals surface area contributed by atoms with Gasteiger partial charge in [-0.05, 0) is 42.8 Å². The van der Waals surface area contributed by atoms with Crippen molar-refractivity contribution in [3.8, 4) is 23.0 Å². The Kier molecular flexibility index (Phi) is 7.24. The summed E-state index contributed by atoms with van der Waals surface area (Å²) in [6, 6.07) is 7.58. The van der Waals surface area contributed by atoms with Crippen molar-refractivity contribution in [2.24, 2.45) is 0 Å². The van der Waals surface area contributed by atoms with E-state index in [1.54, 1.807) is 14.2 Å². The second-order valence-corrected chi connectivity index (χ2v) is 8.23. The number of rotatable bonds is 2. The van der Waals surface area contributed by atoms with Crippen molar-refractivity contribution < 1.29 is 41.3 Å². The summed E-state index contributed by atoms with van der Waals surface area (Å²) in [6.45, 7) is 1.69. The molecule has 4 rings (SSSR count). The van der Waals surface area contributed by atoms with Crippen LogP contribution < -0.4 is 18.9 Å². The van der Waals surface area contributed by atoms with Crippen LogP contribution in [0.3, 0.4) is 0 Å². The number of likely N-dealkylation sites (N-methyl/N-ethyl adjacent to an activating group) is 1. The van der Waals surface area contributed by atoms with Crippen molar-refractivity contribution in [3.63, 3.8) is 0 Å². The maximum absolute atomic E-state index is 13.1. The third-order valence-corrected chi connectivity index (χ3v) is 5.19. The van der Waals surface area contributed by atoms with Crippen molar-refractivity contribution in [1.82, 2.24) is 4.90 Å². The molecule has 174 valence electrons. The first-order chi connectivity index (χ1) is 15.1. The summed E-state index contributed by atoms with van der Waals surface area (Å²) in [5.41, 5.74) is 3.65. The molecule has 0 saturated carbocycles. The van der Waals surface area contributed by atoms with Gasteiger partial charge in [-0.15, -0.1) is 0 Å². The molecule has 0 aliphatic carbocycles. The van der Waals surface area contributed by atoms with Crippen LogP contribution in [0.4, 0.5) is 0 Å². The number of carbonyl (C=O) groups is 1. The van der Waals surface area contributed by atoms with Crippen molar-refractivity contribution in [1.29, 1.82) is 0 Å². The van der Waals surface area contributed by atoms with Crippen molar-refractivity contribution in [3.05, 3.63) is 46.5 Å². The van der Waals surface area contributed by atoms with Crippen LogP contribution in [-0.4, -0.2) is 62.8 Å². The SMILES string of the molecule is COc1ccc2c(c1OC)CN(C)CCc1cc3c(cc1C(=O)C2)OCO3.O=S(=O)(O)O. The van der Waals surface area contributed by atoms with Crippen molar-refractivity contribution in [2.45, 2.75) is 19.4 Å². The van der Waals surface area contributed by atoms with E-state index in [-0.39, 0.29) is 12.6 Å². The predicted octanol–water partition coefficient (Wildman–Crippen LogP) is 2.19. The summed E-state index contributed by atoms with van der Waals surface area (Å²) in [6.07, 6.45) is 1.06. The molecule has 2 aromatic rings. The largest absolute Gasteiger partial charge is 0.493 e. The molecule has 2 aromatic carbocycles. The summed E-state index contributed by atoms with van der Waals surface area (Å²) in [5.74, 6) is 2.80. The molecule has 0 atom stereocenters. The molecule has 0 spiro atoms. The molecule has 0 aromatic heterocycles. The first kappa shape index (κ1) is 23.8. The van der Waals surface area contributed by atoms with Gasteiger partial charge in [0.25, 0.3) is 0 Å². The molecule has 2 N–H and O–H groups in total. The van der Waals surface area contributed by atoms with E-state index in [0.717, 1.165) is 29.7 Å². The Morgan fingerprint density at radius 1 is 1.03 bits per heavy atom. The maximum Gasteiger partial charge on any atom is 0.394 e. The summed E-state index contributed by atoms with van der Waals surface area (Å²) in [4.78, 5) is 15.4. The monoisotopic (exact) mass is 467 g/mol. The van der Waals surface area contributed by atoms with Crippen LogP contribution in [0.15, 0.2) is 24.3 Å². The van der Waals surface area contributed by atoms with Gasteiger partial charge in [-0.25, -0.2) is 0 Å². The number of Topliss-reactive ketones (excluding diaryl/α,β-unsaturated/α-hetero) is 1. The van der Waals surface area contributed by atoms with Crippen LogP contribution in [0, 0.1) is 0 Å². The third-order valence-electron chi connectivity index (χ3n) is 5.19. The number of benzene rings is 2. The van der Waals surface area contributed by atoms with Crippen LogP contribution in [0.25, 0.3) is 0 Å². The lowest BCUT2D eigenvalue weighted by atomic mass is 9.92. The fraction of sp³-hybridized carbons (Fsp3) is 0.381. The molecule has 2 heterocycles. The average molecular weight is 467 g/mol. The van der Waals surface area contributed by atoms with E-state index in [2.05, 4.69) is 11.9 Å². The topological polar surface area (TPSA) is 132 Å². The number of hydrogen-bond donors (Lipinski definition) is 2. The Hall–Kier alpha value is -2.86. The predicted molar refractivity (Wildman–Crippen MR) is 114 cm³/mol. The highest BCUT2D eigenvalue weighted by Crippen LogP contribution is 2.38. The number of methoxy groups -OCH3 is 2. The molecule has 0 unspecified atom stereocenters. The molecule has 0 saturated heterocycles. The molecular weight excluding hydrogens is 442 g/mol. The van der Waals surface area contributed by atoms with Crippen molar-refractivity contribution >= 4 is 16.2 Å². The van der Waals surface area contributed by atoms with Gasteiger partial charge in [-0.1, -0.05) is 6.07 Å². The minimum Gasteiger partial charge on any atom is -0.493 e. The Balaban J connectivity index is 0.000000523. The van der Waals surface area contributed by atoms with E-state index in [1.165, 1.54) is 0 Å². The first-order valence-electron chi connectivity index (χ1n) is 9.67. The quantitative estimate of drug-likeness (QED) is 0.634. The normalized spacial score (nSPS) is 15.7. The van der Waals surface area contributed by atoms with Gasteiger partial charge in [-0.3, -0.25) is 13.9 Å². The zero-order chi connectivity index (χ0) is 23.5.